The third-order valence-corrected chi connectivity index (χ3v) is 2.89. The lowest BCUT2D eigenvalue weighted by Gasteiger charge is -2.10. The van der Waals surface area contributed by atoms with Gasteiger partial charge in [0.25, 0.3) is 0 Å². The quantitative estimate of drug-likeness (QED) is 0.781. The maximum absolute atomic E-state index is 13.7. The van der Waals surface area contributed by atoms with Crippen LogP contribution in [0.2, 0.25) is 5.02 Å². The second kappa shape index (κ2) is 5.85. The minimum absolute atomic E-state index is 0.00931. The van der Waals surface area contributed by atoms with Crippen LogP contribution in [0.5, 0.6) is 5.75 Å². The van der Waals surface area contributed by atoms with Crippen molar-refractivity contribution in [3.8, 4) is 5.75 Å². The predicted molar refractivity (Wildman–Crippen MR) is 72.2 cm³/mol. The molecule has 0 fully saturated rings. The number of carbonyl (C=O) groups is 1. The second-order valence-corrected chi connectivity index (χ2v) is 4.52. The van der Waals surface area contributed by atoms with E-state index >= 15 is 0 Å². The SMILES string of the molecule is CC(=O)c1cccc(F)c1OCc1ccc(Cl)cc1. The number of ether oxygens (including phenoxy) is 1. The molecule has 0 heterocycles. The Bertz CT molecular complexity index is 594. The van der Waals surface area contributed by atoms with Crippen LogP contribution in [0.3, 0.4) is 0 Å². The Hall–Kier alpha value is -1.87. The summed E-state index contributed by atoms with van der Waals surface area (Å²) in [5, 5.41) is 0.624. The van der Waals surface area contributed by atoms with Gasteiger partial charge in [-0.1, -0.05) is 29.8 Å². The van der Waals surface area contributed by atoms with Crippen molar-refractivity contribution in [2.24, 2.45) is 0 Å². The van der Waals surface area contributed by atoms with Crippen LogP contribution in [-0.4, -0.2) is 5.78 Å². The van der Waals surface area contributed by atoms with Crippen molar-refractivity contribution in [3.63, 3.8) is 0 Å². The third kappa shape index (κ3) is 3.32. The molecule has 0 saturated heterocycles. The van der Waals surface area contributed by atoms with Crippen molar-refractivity contribution in [2.45, 2.75) is 13.5 Å². The van der Waals surface area contributed by atoms with Gasteiger partial charge >= 0.3 is 0 Å². The molecule has 0 radical (unpaired) electrons. The predicted octanol–water partition coefficient (Wildman–Crippen LogP) is 4.26. The van der Waals surface area contributed by atoms with E-state index in [-0.39, 0.29) is 23.7 Å². The molecule has 19 heavy (non-hydrogen) atoms. The minimum atomic E-state index is -0.540. The first kappa shape index (κ1) is 13.6. The molecule has 0 spiro atoms. The molecule has 0 bridgehead atoms. The van der Waals surface area contributed by atoms with E-state index in [0.29, 0.717) is 5.02 Å². The Labute approximate surface area is 115 Å². The molecule has 0 atom stereocenters. The summed E-state index contributed by atoms with van der Waals surface area (Å²) in [6.07, 6.45) is 0. The lowest BCUT2D eigenvalue weighted by Crippen LogP contribution is -2.03. The Morgan fingerprint density at radius 1 is 1.21 bits per heavy atom. The van der Waals surface area contributed by atoms with Gasteiger partial charge in [0.1, 0.15) is 6.61 Å². The topological polar surface area (TPSA) is 26.3 Å². The van der Waals surface area contributed by atoms with Gasteiger partial charge in [-0.05, 0) is 36.8 Å². The normalized spacial score (nSPS) is 10.3. The van der Waals surface area contributed by atoms with Gasteiger partial charge in [0.05, 0.1) is 5.56 Å². The first-order chi connectivity index (χ1) is 9.08. The zero-order valence-electron chi connectivity index (χ0n) is 10.3. The first-order valence-electron chi connectivity index (χ1n) is 5.74. The highest BCUT2D eigenvalue weighted by molar-refractivity contribution is 6.30. The van der Waals surface area contributed by atoms with Crippen LogP contribution in [0.15, 0.2) is 42.5 Å². The maximum atomic E-state index is 13.7. The van der Waals surface area contributed by atoms with Crippen LogP contribution in [0.25, 0.3) is 0 Å². The Morgan fingerprint density at radius 3 is 2.53 bits per heavy atom. The molecule has 0 aliphatic carbocycles. The highest BCUT2D eigenvalue weighted by Crippen LogP contribution is 2.24. The largest absolute Gasteiger partial charge is 0.485 e. The van der Waals surface area contributed by atoms with Gasteiger partial charge < -0.3 is 4.74 Å². The van der Waals surface area contributed by atoms with Crippen LogP contribution in [0, 0.1) is 5.82 Å². The van der Waals surface area contributed by atoms with Crippen molar-refractivity contribution < 1.29 is 13.9 Å². The van der Waals surface area contributed by atoms with Crippen LogP contribution in [-0.2, 0) is 6.61 Å². The summed E-state index contributed by atoms with van der Waals surface area (Å²) in [7, 11) is 0. The van der Waals surface area contributed by atoms with Gasteiger partial charge in [0, 0.05) is 5.02 Å². The number of ketones is 1. The van der Waals surface area contributed by atoms with Crippen LogP contribution < -0.4 is 4.74 Å². The monoisotopic (exact) mass is 278 g/mol. The third-order valence-electron chi connectivity index (χ3n) is 2.64. The van der Waals surface area contributed by atoms with E-state index in [2.05, 4.69) is 0 Å². The highest BCUT2D eigenvalue weighted by atomic mass is 35.5. The molecule has 2 aromatic rings. The van der Waals surface area contributed by atoms with Crippen LogP contribution in [0.1, 0.15) is 22.8 Å². The number of Topliss-reactive ketones (excluding diaryl/α,β-unsaturated/α-hetero) is 1. The molecule has 98 valence electrons. The summed E-state index contributed by atoms with van der Waals surface area (Å²) in [6, 6.07) is 11.3. The number of rotatable bonds is 4. The molecule has 4 heteroatoms. The minimum Gasteiger partial charge on any atom is -0.485 e. The Morgan fingerprint density at radius 2 is 1.89 bits per heavy atom. The van der Waals surface area contributed by atoms with Crippen LogP contribution >= 0.6 is 11.6 Å². The number of benzene rings is 2. The molecular formula is C15H12ClFO2. The molecule has 0 saturated carbocycles. The highest BCUT2D eigenvalue weighted by Gasteiger charge is 2.13. The number of carbonyl (C=O) groups excluding carboxylic acids is 1. The van der Waals surface area contributed by atoms with Crippen molar-refractivity contribution in [2.75, 3.05) is 0 Å². The van der Waals surface area contributed by atoms with Gasteiger partial charge in [0.15, 0.2) is 17.3 Å². The van der Waals surface area contributed by atoms with Crippen molar-refractivity contribution in [1.82, 2.24) is 0 Å². The number of halogens is 2. The van der Waals surface area contributed by atoms with E-state index < -0.39 is 5.82 Å². The van der Waals surface area contributed by atoms with Crippen LogP contribution in [0.4, 0.5) is 4.39 Å². The van der Waals surface area contributed by atoms with Crippen molar-refractivity contribution in [1.29, 1.82) is 0 Å². The average Bonchev–Trinajstić information content (AvgIpc) is 2.39. The lowest BCUT2D eigenvalue weighted by atomic mass is 10.1. The summed E-state index contributed by atoms with van der Waals surface area (Å²) in [4.78, 5) is 11.4. The molecule has 2 rings (SSSR count). The summed E-state index contributed by atoms with van der Waals surface area (Å²) in [6.45, 7) is 1.56. The molecule has 2 nitrogen and oxygen atoms in total. The van der Waals surface area contributed by atoms with E-state index in [9.17, 15) is 9.18 Å². The fourth-order valence-electron chi connectivity index (χ4n) is 1.67. The lowest BCUT2D eigenvalue weighted by molar-refractivity contribution is 0.101. The zero-order chi connectivity index (χ0) is 13.8. The van der Waals surface area contributed by atoms with E-state index in [1.165, 1.54) is 19.1 Å². The van der Waals surface area contributed by atoms with Gasteiger partial charge in [-0.3, -0.25) is 4.79 Å². The maximum Gasteiger partial charge on any atom is 0.166 e. The van der Waals surface area contributed by atoms with Gasteiger partial charge in [-0.25, -0.2) is 4.39 Å². The second-order valence-electron chi connectivity index (χ2n) is 4.09. The Kier molecular flexibility index (Phi) is 4.17. The summed E-state index contributed by atoms with van der Waals surface area (Å²) in [5.41, 5.74) is 1.09. The summed E-state index contributed by atoms with van der Waals surface area (Å²) < 4.78 is 19.1. The van der Waals surface area contributed by atoms with E-state index in [1.54, 1.807) is 30.3 Å². The summed E-state index contributed by atoms with van der Waals surface area (Å²) in [5.74, 6) is -0.780. The molecule has 0 aliphatic rings. The molecule has 0 N–H and O–H groups in total. The first-order valence-corrected chi connectivity index (χ1v) is 6.12. The van der Waals surface area contributed by atoms with E-state index in [0.717, 1.165) is 5.56 Å². The molecule has 0 aromatic heterocycles. The van der Waals surface area contributed by atoms with Gasteiger partial charge in [-0.2, -0.15) is 0 Å². The average molecular weight is 279 g/mol. The van der Waals surface area contributed by atoms with E-state index in [1.807, 2.05) is 0 Å². The summed E-state index contributed by atoms with van der Waals surface area (Å²) >= 11 is 5.78. The number of para-hydroxylation sites is 1. The standard InChI is InChI=1S/C15H12ClFO2/c1-10(18)13-3-2-4-14(17)15(13)19-9-11-5-7-12(16)8-6-11/h2-8H,9H2,1H3. The van der Waals surface area contributed by atoms with Gasteiger partial charge in [0.2, 0.25) is 0 Å². The molecule has 0 amide bonds. The number of hydrogen-bond acceptors (Lipinski definition) is 2. The molecular weight excluding hydrogens is 267 g/mol. The number of hydrogen-bond donors (Lipinski definition) is 0. The zero-order valence-corrected chi connectivity index (χ0v) is 11.1. The van der Waals surface area contributed by atoms with E-state index in [4.69, 9.17) is 16.3 Å². The van der Waals surface area contributed by atoms with Gasteiger partial charge in [-0.15, -0.1) is 0 Å². The van der Waals surface area contributed by atoms with Crippen molar-refractivity contribution >= 4 is 17.4 Å². The molecule has 2 aromatic carbocycles. The van der Waals surface area contributed by atoms with Crippen molar-refractivity contribution in [3.05, 3.63) is 64.4 Å². The smallest absolute Gasteiger partial charge is 0.166 e. The fraction of sp³-hybridized carbons (Fsp3) is 0.133. The molecule has 0 unspecified atom stereocenters. The fourth-order valence-corrected chi connectivity index (χ4v) is 1.79. The Balaban J connectivity index is 2.19. The molecule has 0 aliphatic heterocycles.